The molecule has 31 heavy (non-hydrogen) atoms. The summed E-state index contributed by atoms with van der Waals surface area (Å²) in [6.07, 6.45) is 0. The van der Waals surface area contributed by atoms with Crippen LogP contribution >= 0.6 is 0 Å². The molecule has 0 fully saturated rings. The molecule has 0 bridgehead atoms. The Labute approximate surface area is 178 Å². The van der Waals surface area contributed by atoms with Crippen molar-refractivity contribution < 1.29 is 0 Å². The third-order valence-electron chi connectivity index (χ3n) is 6.06. The van der Waals surface area contributed by atoms with Crippen molar-refractivity contribution in [3.05, 3.63) is 92.3 Å². The van der Waals surface area contributed by atoms with Crippen LogP contribution in [0.15, 0.2) is 64.2 Å². The number of fused-ring (bicyclic) bond motifs is 3. The molecule has 0 amide bonds. The minimum absolute atomic E-state index is 0.250. The standard InChI is InChI=1S/C24H21N5O2/c1-27-21-18(23(30)28(2)24(27)31)20(16-8-4-3-5-9-16)29-12-11-26-19(22(21)29)17-10-6-7-15(13-17)14-25/h3-10,13,19,26H,11-12H2,1-2H3. The van der Waals surface area contributed by atoms with E-state index in [0.717, 1.165) is 22.5 Å². The van der Waals surface area contributed by atoms with Gasteiger partial charge in [-0.15, -0.1) is 0 Å². The molecule has 1 atom stereocenters. The van der Waals surface area contributed by atoms with Gasteiger partial charge in [-0.1, -0.05) is 42.5 Å². The molecule has 154 valence electrons. The molecule has 0 saturated carbocycles. The predicted octanol–water partition coefficient (Wildman–Crippen LogP) is 2.27. The number of aryl methyl sites for hydroxylation is 1. The summed E-state index contributed by atoms with van der Waals surface area (Å²) in [6.45, 7) is 1.36. The molecule has 1 unspecified atom stereocenters. The molecule has 3 heterocycles. The summed E-state index contributed by atoms with van der Waals surface area (Å²) in [4.78, 5) is 26.2. The maximum atomic E-state index is 13.3. The van der Waals surface area contributed by atoms with Crippen LogP contribution < -0.4 is 16.6 Å². The number of rotatable bonds is 2. The fourth-order valence-corrected chi connectivity index (χ4v) is 4.64. The zero-order valence-corrected chi connectivity index (χ0v) is 17.3. The van der Waals surface area contributed by atoms with E-state index in [1.165, 1.54) is 11.6 Å². The number of benzene rings is 2. The van der Waals surface area contributed by atoms with E-state index in [9.17, 15) is 14.9 Å². The SMILES string of the molecule is Cn1c(=O)c2c(-c3ccccc3)n3c(c2n(C)c1=O)C(c1cccc(C#N)c1)NCC3. The van der Waals surface area contributed by atoms with Crippen molar-refractivity contribution in [3.8, 4) is 17.3 Å². The number of aromatic nitrogens is 3. The van der Waals surface area contributed by atoms with Gasteiger partial charge in [0.25, 0.3) is 5.56 Å². The third-order valence-corrected chi connectivity index (χ3v) is 6.06. The Balaban J connectivity index is 1.94. The van der Waals surface area contributed by atoms with Gasteiger partial charge >= 0.3 is 5.69 Å². The lowest BCUT2D eigenvalue weighted by atomic mass is 9.99. The quantitative estimate of drug-likeness (QED) is 0.548. The molecule has 0 aliphatic carbocycles. The molecule has 1 aliphatic heterocycles. The third kappa shape index (κ3) is 2.76. The molecule has 0 radical (unpaired) electrons. The molecule has 7 heteroatoms. The van der Waals surface area contributed by atoms with E-state index in [-0.39, 0.29) is 17.3 Å². The van der Waals surface area contributed by atoms with Gasteiger partial charge in [0, 0.05) is 27.2 Å². The highest BCUT2D eigenvalue weighted by Gasteiger charge is 2.32. The Hall–Kier alpha value is -3.89. The van der Waals surface area contributed by atoms with Crippen LogP contribution in [0.4, 0.5) is 0 Å². The number of nitriles is 1. The van der Waals surface area contributed by atoms with E-state index in [0.29, 0.717) is 29.6 Å². The minimum atomic E-state index is -0.361. The van der Waals surface area contributed by atoms with Crippen molar-refractivity contribution in [1.82, 2.24) is 19.0 Å². The van der Waals surface area contributed by atoms with Gasteiger partial charge in [-0.2, -0.15) is 5.26 Å². The lowest BCUT2D eigenvalue weighted by Crippen LogP contribution is -2.38. The number of nitrogens with zero attached hydrogens (tertiary/aromatic N) is 4. The van der Waals surface area contributed by atoms with Crippen LogP contribution in [0.25, 0.3) is 22.2 Å². The summed E-state index contributed by atoms with van der Waals surface area (Å²) in [5.74, 6) is 0. The number of hydrogen-bond donors (Lipinski definition) is 1. The second kappa shape index (κ2) is 7.11. The molecule has 1 N–H and O–H groups in total. The molecule has 2 aromatic carbocycles. The van der Waals surface area contributed by atoms with Crippen LogP contribution in [0.2, 0.25) is 0 Å². The smallest absolute Gasteiger partial charge is 0.331 e. The first-order valence-corrected chi connectivity index (χ1v) is 10.1. The lowest BCUT2D eigenvalue weighted by molar-refractivity contribution is 0.471. The van der Waals surface area contributed by atoms with E-state index < -0.39 is 0 Å². The van der Waals surface area contributed by atoms with Gasteiger partial charge in [-0.3, -0.25) is 13.9 Å². The van der Waals surface area contributed by atoms with Crippen molar-refractivity contribution in [3.63, 3.8) is 0 Å². The second-order valence-corrected chi connectivity index (χ2v) is 7.81. The average molecular weight is 411 g/mol. The molecular weight excluding hydrogens is 390 g/mol. The monoisotopic (exact) mass is 411 g/mol. The Morgan fingerprint density at radius 1 is 1.03 bits per heavy atom. The fourth-order valence-electron chi connectivity index (χ4n) is 4.64. The minimum Gasteiger partial charge on any atom is -0.339 e. The highest BCUT2D eigenvalue weighted by molar-refractivity contribution is 5.96. The number of nitrogens with one attached hydrogen (secondary N) is 1. The first-order valence-electron chi connectivity index (χ1n) is 10.1. The highest BCUT2D eigenvalue weighted by atomic mass is 16.2. The Bertz CT molecular complexity index is 1490. The van der Waals surface area contributed by atoms with Gasteiger partial charge in [0.2, 0.25) is 0 Å². The van der Waals surface area contributed by atoms with E-state index in [2.05, 4.69) is 16.0 Å². The van der Waals surface area contributed by atoms with E-state index in [1.54, 1.807) is 17.7 Å². The average Bonchev–Trinajstić information content (AvgIpc) is 3.17. The molecule has 0 saturated heterocycles. The Morgan fingerprint density at radius 3 is 2.55 bits per heavy atom. The Kier molecular flexibility index (Phi) is 4.38. The van der Waals surface area contributed by atoms with Crippen molar-refractivity contribution in [2.45, 2.75) is 12.6 Å². The molecule has 1 aliphatic rings. The van der Waals surface area contributed by atoms with Crippen LogP contribution in [-0.2, 0) is 20.6 Å². The van der Waals surface area contributed by atoms with Gasteiger partial charge < -0.3 is 9.88 Å². The van der Waals surface area contributed by atoms with Crippen molar-refractivity contribution in [2.24, 2.45) is 14.1 Å². The largest absolute Gasteiger partial charge is 0.339 e. The summed E-state index contributed by atoms with van der Waals surface area (Å²) in [7, 11) is 3.22. The first-order chi connectivity index (χ1) is 15.0. The fraction of sp³-hybridized carbons (Fsp3) is 0.208. The molecule has 5 rings (SSSR count). The predicted molar refractivity (Wildman–Crippen MR) is 119 cm³/mol. The number of hydrogen-bond acceptors (Lipinski definition) is 4. The summed E-state index contributed by atoms with van der Waals surface area (Å²) >= 11 is 0. The van der Waals surface area contributed by atoms with Crippen molar-refractivity contribution >= 4 is 10.9 Å². The summed E-state index contributed by atoms with van der Waals surface area (Å²) < 4.78 is 4.88. The van der Waals surface area contributed by atoms with Crippen molar-refractivity contribution in [2.75, 3.05) is 6.54 Å². The summed E-state index contributed by atoms with van der Waals surface area (Å²) in [5, 5.41) is 13.4. The molecule has 4 aromatic rings. The molecule has 7 nitrogen and oxygen atoms in total. The van der Waals surface area contributed by atoms with Crippen LogP contribution in [0, 0.1) is 11.3 Å². The summed E-state index contributed by atoms with van der Waals surface area (Å²) in [5.41, 5.74) is 4.08. The zero-order chi connectivity index (χ0) is 21.7. The molecule has 2 aromatic heterocycles. The van der Waals surface area contributed by atoms with E-state index in [1.807, 2.05) is 48.5 Å². The second-order valence-electron chi connectivity index (χ2n) is 7.81. The van der Waals surface area contributed by atoms with Gasteiger partial charge in [0.15, 0.2) is 0 Å². The topological polar surface area (TPSA) is 84.8 Å². The maximum absolute atomic E-state index is 13.3. The van der Waals surface area contributed by atoms with Gasteiger partial charge in [-0.05, 0) is 23.3 Å². The van der Waals surface area contributed by atoms with Gasteiger partial charge in [0.05, 0.1) is 40.0 Å². The zero-order valence-electron chi connectivity index (χ0n) is 17.3. The van der Waals surface area contributed by atoms with Crippen LogP contribution in [-0.4, -0.2) is 20.2 Å². The Morgan fingerprint density at radius 2 is 1.81 bits per heavy atom. The maximum Gasteiger partial charge on any atom is 0.331 e. The van der Waals surface area contributed by atoms with Crippen LogP contribution in [0.1, 0.15) is 22.9 Å². The van der Waals surface area contributed by atoms with Crippen molar-refractivity contribution in [1.29, 1.82) is 5.26 Å². The highest BCUT2D eigenvalue weighted by Crippen LogP contribution is 2.38. The lowest BCUT2D eigenvalue weighted by Gasteiger charge is -2.28. The molecular formula is C24H21N5O2. The van der Waals surface area contributed by atoms with Crippen LogP contribution in [0.5, 0.6) is 0 Å². The van der Waals surface area contributed by atoms with E-state index in [4.69, 9.17) is 0 Å². The van der Waals surface area contributed by atoms with Gasteiger partial charge in [-0.25, -0.2) is 4.79 Å². The summed E-state index contributed by atoms with van der Waals surface area (Å²) in [6, 6.07) is 19.2. The van der Waals surface area contributed by atoms with Gasteiger partial charge in [0.1, 0.15) is 0 Å². The van der Waals surface area contributed by atoms with E-state index >= 15 is 0 Å². The molecule has 0 spiro atoms. The first kappa shape index (κ1) is 19.1. The normalized spacial score (nSPS) is 15.6. The van der Waals surface area contributed by atoms with Crippen LogP contribution in [0.3, 0.4) is 0 Å².